The SMILES string of the molecule is CC(C)(C)C1(C(=O)NCCOCCO)CC1. The van der Waals surface area contributed by atoms with Gasteiger partial charge >= 0.3 is 0 Å². The Balaban J connectivity index is 2.26. The van der Waals surface area contributed by atoms with Crippen LogP contribution in [0.3, 0.4) is 0 Å². The number of carbonyl (C=O) groups is 1. The fourth-order valence-electron chi connectivity index (χ4n) is 2.02. The van der Waals surface area contributed by atoms with E-state index in [9.17, 15) is 4.79 Å². The van der Waals surface area contributed by atoms with Crippen molar-refractivity contribution >= 4 is 5.91 Å². The van der Waals surface area contributed by atoms with Gasteiger partial charge in [-0.2, -0.15) is 0 Å². The van der Waals surface area contributed by atoms with E-state index in [0.29, 0.717) is 19.8 Å². The molecule has 0 heterocycles. The van der Waals surface area contributed by atoms with Gasteiger partial charge < -0.3 is 15.2 Å². The van der Waals surface area contributed by atoms with Gasteiger partial charge in [0.2, 0.25) is 5.91 Å². The van der Waals surface area contributed by atoms with Crippen molar-refractivity contribution < 1.29 is 14.6 Å². The fourth-order valence-corrected chi connectivity index (χ4v) is 2.02. The number of carbonyl (C=O) groups excluding carboxylic acids is 1. The summed E-state index contributed by atoms with van der Waals surface area (Å²) in [4.78, 5) is 12.0. The summed E-state index contributed by atoms with van der Waals surface area (Å²) in [5.41, 5.74) is -0.132. The van der Waals surface area contributed by atoms with Crippen LogP contribution in [0.4, 0.5) is 0 Å². The molecule has 2 N–H and O–H groups in total. The highest BCUT2D eigenvalue weighted by atomic mass is 16.5. The number of aliphatic hydroxyl groups is 1. The molecule has 1 aliphatic carbocycles. The summed E-state index contributed by atoms with van der Waals surface area (Å²) in [6.45, 7) is 7.69. The minimum absolute atomic E-state index is 0.0277. The van der Waals surface area contributed by atoms with Crippen molar-refractivity contribution in [3.8, 4) is 0 Å². The lowest BCUT2D eigenvalue weighted by molar-refractivity contribution is -0.130. The Hall–Kier alpha value is -0.610. The Labute approximate surface area is 97.4 Å². The second-order valence-electron chi connectivity index (χ2n) is 5.42. The van der Waals surface area contributed by atoms with Crippen LogP contribution < -0.4 is 5.32 Å². The molecule has 0 saturated heterocycles. The number of amides is 1. The van der Waals surface area contributed by atoms with Crippen molar-refractivity contribution in [2.24, 2.45) is 10.8 Å². The average molecular weight is 229 g/mol. The van der Waals surface area contributed by atoms with Gasteiger partial charge in [0.25, 0.3) is 0 Å². The zero-order valence-electron chi connectivity index (χ0n) is 10.5. The van der Waals surface area contributed by atoms with Crippen LogP contribution in [0.5, 0.6) is 0 Å². The third-order valence-electron chi connectivity index (χ3n) is 3.39. The number of rotatable bonds is 6. The van der Waals surface area contributed by atoms with E-state index in [0.717, 1.165) is 12.8 Å². The van der Waals surface area contributed by atoms with E-state index >= 15 is 0 Å². The first-order valence-corrected chi connectivity index (χ1v) is 5.91. The van der Waals surface area contributed by atoms with Gasteiger partial charge in [-0.3, -0.25) is 4.79 Å². The molecule has 1 aliphatic rings. The molecule has 1 fully saturated rings. The zero-order valence-corrected chi connectivity index (χ0v) is 10.5. The van der Waals surface area contributed by atoms with Gasteiger partial charge in [0.05, 0.1) is 25.2 Å². The summed E-state index contributed by atoms with van der Waals surface area (Å²) in [5, 5.41) is 11.4. The molecule has 0 bridgehead atoms. The topological polar surface area (TPSA) is 58.6 Å². The van der Waals surface area contributed by atoms with Gasteiger partial charge in [-0.15, -0.1) is 0 Å². The lowest BCUT2D eigenvalue weighted by Gasteiger charge is -2.29. The van der Waals surface area contributed by atoms with E-state index in [1.807, 2.05) is 0 Å². The predicted octanol–water partition coefficient (Wildman–Crippen LogP) is 0.938. The number of hydrogen-bond donors (Lipinski definition) is 2. The van der Waals surface area contributed by atoms with Crippen molar-refractivity contribution in [1.82, 2.24) is 5.32 Å². The highest BCUT2D eigenvalue weighted by Gasteiger charge is 2.57. The molecule has 1 rings (SSSR count). The average Bonchev–Trinajstić information content (AvgIpc) is 2.96. The molecule has 4 nitrogen and oxygen atoms in total. The normalized spacial score (nSPS) is 18.2. The molecule has 0 aromatic carbocycles. The van der Waals surface area contributed by atoms with E-state index < -0.39 is 0 Å². The van der Waals surface area contributed by atoms with Crippen LogP contribution in [0.2, 0.25) is 0 Å². The van der Waals surface area contributed by atoms with Crippen molar-refractivity contribution in [1.29, 1.82) is 0 Å². The van der Waals surface area contributed by atoms with Crippen LogP contribution in [0.25, 0.3) is 0 Å². The van der Waals surface area contributed by atoms with E-state index in [2.05, 4.69) is 26.1 Å². The van der Waals surface area contributed by atoms with Crippen molar-refractivity contribution in [3.63, 3.8) is 0 Å². The zero-order chi connectivity index (χ0) is 12.2. The van der Waals surface area contributed by atoms with Crippen LogP contribution >= 0.6 is 0 Å². The van der Waals surface area contributed by atoms with Crippen molar-refractivity contribution in [3.05, 3.63) is 0 Å². The molecule has 16 heavy (non-hydrogen) atoms. The third-order valence-corrected chi connectivity index (χ3v) is 3.39. The predicted molar refractivity (Wildman–Crippen MR) is 62.0 cm³/mol. The Morgan fingerprint density at radius 2 is 2.00 bits per heavy atom. The van der Waals surface area contributed by atoms with Crippen molar-refractivity contribution in [2.75, 3.05) is 26.4 Å². The number of aliphatic hydroxyl groups excluding tert-OH is 1. The summed E-state index contributed by atoms with van der Waals surface area (Å²) < 4.78 is 5.09. The molecule has 0 atom stereocenters. The fraction of sp³-hybridized carbons (Fsp3) is 0.917. The smallest absolute Gasteiger partial charge is 0.226 e. The molecule has 0 unspecified atom stereocenters. The molecule has 4 heteroatoms. The van der Waals surface area contributed by atoms with Gasteiger partial charge in [-0.25, -0.2) is 0 Å². The molecule has 94 valence electrons. The minimum Gasteiger partial charge on any atom is -0.394 e. The number of ether oxygens (including phenoxy) is 1. The highest BCUT2D eigenvalue weighted by Crippen LogP contribution is 2.58. The maximum absolute atomic E-state index is 12.0. The minimum atomic E-state index is -0.163. The molecule has 1 amide bonds. The van der Waals surface area contributed by atoms with Gasteiger partial charge in [0.15, 0.2) is 0 Å². The monoisotopic (exact) mass is 229 g/mol. The molecule has 0 spiro atoms. The molecule has 1 saturated carbocycles. The van der Waals surface area contributed by atoms with Crippen LogP contribution in [-0.4, -0.2) is 37.4 Å². The summed E-state index contributed by atoms with van der Waals surface area (Å²) in [7, 11) is 0. The van der Waals surface area contributed by atoms with Crippen molar-refractivity contribution in [2.45, 2.75) is 33.6 Å². The van der Waals surface area contributed by atoms with Gasteiger partial charge in [-0.1, -0.05) is 20.8 Å². The van der Waals surface area contributed by atoms with E-state index in [-0.39, 0.29) is 23.3 Å². The number of hydrogen-bond acceptors (Lipinski definition) is 3. The largest absolute Gasteiger partial charge is 0.394 e. The Kier molecular flexibility index (Phi) is 4.33. The van der Waals surface area contributed by atoms with E-state index in [1.165, 1.54) is 0 Å². The lowest BCUT2D eigenvalue weighted by atomic mass is 9.77. The van der Waals surface area contributed by atoms with Crippen LogP contribution in [0.1, 0.15) is 33.6 Å². The Bertz CT molecular complexity index is 241. The van der Waals surface area contributed by atoms with Crippen LogP contribution in [0, 0.1) is 10.8 Å². The van der Waals surface area contributed by atoms with Crippen LogP contribution in [-0.2, 0) is 9.53 Å². The standard InChI is InChI=1S/C12H23NO3/c1-11(2,3)12(4-5-12)10(15)13-6-8-16-9-7-14/h14H,4-9H2,1-3H3,(H,13,15). The molecular formula is C12H23NO3. The maximum Gasteiger partial charge on any atom is 0.226 e. The van der Waals surface area contributed by atoms with Crippen LogP contribution in [0.15, 0.2) is 0 Å². The third kappa shape index (κ3) is 2.95. The first kappa shape index (κ1) is 13.5. The summed E-state index contributed by atoms with van der Waals surface area (Å²) in [6.07, 6.45) is 1.97. The molecule has 0 aromatic rings. The second kappa shape index (κ2) is 5.15. The maximum atomic E-state index is 12.0. The Morgan fingerprint density at radius 3 is 2.44 bits per heavy atom. The van der Waals surface area contributed by atoms with Gasteiger partial charge in [0.1, 0.15) is 0 Å². The summed E-state index contributed by atoms with van der Waals surface area (Å²) in [5.74, 6) is 0.146. The summed E-state index contributed by atoms with van der Waals surface area (Å²) >= 11 is 0. The summed E-state index contributed by atoms with van der Waals surface area (Å²) in [6, 6.07) is 0. The first-order valence-electron chi connectivity index (χ1n) is 5.91. The molecule has 0 radical (unpaired) electrons. The Morgan fingerprint density at radius 1 is 1.38 bits per heavy atom. The highest BCUT2D eigenvalue weighted by molar-refractivity contribution is 5.86. The molecule has 0 aromatic heterocycles. The van der Waals surface area contributed by atoms with Gasteiger partial charge in [0, 0.05) is 6.54 Å². The van der Waals surface area contributed by atoms with Gasteiger partial charge in [-0.05, 0) is 18.3 Å². The first-order chi connectivity index (χ1) is 7.44. The quantitative estimate of drug-likeness (QED) is 0.666. The molecular weight excluding hydrogens is 206 g/mol. The van der Waals surface area contributed by atoms with E-state index in [1.54, 1.807) is 0 Å². The second-order valence-corrected chi connectivity index (χ2v) is 5.42. The van der Waals surface area contributed by atoms with E-state index in [4.69, 9.17) is 9.84 Å². The lowest BCUT2D eigenvalue weighted by Crippen LogP contribution is -2.41. The molecule has 0 aliphatic heterocycles. The number of nitrogens with one attached hydrogen (secondary N) is 1.